The van der Waals surface area contributed by atoms with E-state index in [9.17, 15) is 14.4 Å². The van der Waals surface area contributed by atoms with Gasteiger partial charge in [0.1, 0.15) is 22.6 Å². The van der Waals surface area contributed by atoms with Crippen molar-refractivity contribution in [3.8, 4) is 5.00 Å². The molecule has 0 saturated heterocycles. The highest BCUT2D eigenvalue weighted by molar-refractivity contribution is 7.15. The largest absolute Gasteiger partial charge is 0.496 e. The summed E-state index contributed by atoms with van der Waals surface area (Å²) in [6, 6.07) is 16.9. The van der Waals surface area contributed by atoms with E-state index in [0.29, 0.717) is 87.8 Å². The molecule has 63 heavy (non-hydrogen) atoms. The van der Waals surface area contributed by atoms with Crippen molar-refractivity contribution in [2.45, 2.75) is 46.1 Å². The Morgan fingerprint density at radius 2 is 1.51 bits per heavy atom. The maximum atomic E-state index is 13.2. The van der Waals surface area contributed by atoms with Gasteiger partial charge >= 0.3 is 0 Å². The first-order valence-corrected chi connectivity index (χ1v) is 22.0. The number of benzene rings is 2. The molecule has 0 fully saturated rings. The number of methoxy groups -OCH3 is 1. The molecular formula is C47H53ClN6O8S. The van der Waals surface area contributed by atoms with E-state index in [1.165, 1.54) is 18.1 Å². The van der Waals surface area contributed by atoms with Crippen molar-refractivity contribution in [2.75, 3.05) is 66.4 Å². The fraction of sp³-hybridized carbons (Fsp3) is 0.362. The number of aliphatic imine (C=N–C) groups is 1. The van der Waals surface area contributed by atoms with Crippen molar-refractivity contribution < 1.29 is 38.1 Å². The Morgan fingerprint density at radius 1 is 0.841 bits per heavy atom. The number of halogens is 1. The average Bonchev–Trinajstić information content (AvgIpc) is 3.76. The zero-order valence-corrected chi connectivity index (χ0v) is 37.6. The van der Waals surface area contributed by atoms with Gasteiger partial charge in [-0.3, -0.25) is 23.9 Å². The van der Waals surface area contributed by atoms with Gasteiger partial charge in [-0.25, -0.2) is 0 Å². The number of aryl methyl sites for hydroxylation is 2. The van der Waals surface area contributed by atoms with Crippen molar-refractivity contribution in [3.05, 3.63) is 140 Å². The minimum atomic E-state index is -0.534. The third kappa shape index (κ3) is 13.2. The Balaban J connectivity index is 0.805. The van der Waals surface area contributed by atoms with Crippen LogP contribution < -0.4 is 10.6 Å². The second-order valence-corrected chi connectivity index (χ2v) is 16.3. The first-order chi connectivity index (χ1) is 30.6. The van der Waals surface area contributed by atoms with Crippen LogP contribution in [-0.2, 0) is 38.1 Å². The monoisotopic (exact) mass is 896 g/mol. The minimum absolute atomic E-state index is 0.0657. The van der Waals surface area contributed by atoms with E-state index in [2.05, 4.69) is 34.7 Å². The van der Waals surface area contributed by atoms with E-state index < -0.39 is 6.04 Å². The van der Waals surface area contributed by atoms with Crippen molar-refractivity contribution >= 4 is 52.3 Å². The Labute approximate surface area is 376 Å². The van der Waals surface area contributed by atoms with Gasteiger partial charge in [-0.1, -0.05) is 72.3 Å². The summed E-state index contributed by atoms with van der Waals surface area (Å²) in [5, 5.41) is 16.3. The minimum Gasteiger partial charge on any atom is -0.496 e. The van der Waals surface area contributed by atoms with Crippen molar-refractivity contribution in [3.63, 3.8) is 0 Å². The predicted octanol–water partition coefficient (Wildman–Crippen LogP) is 6.91. The topological polar surface area (TPSA) is 164 Å². The predicted molar refractivity (Wildman–Crippen MR) is 243 cm³/mol. The Bertz CT molecular complexity index is 2370. The lowest BCUT2D eigenvalue weighted by molar-refractivity contribution is -0.125. The van der Waals surface area contributed by atoms with E-state index in [1.807, 2.05) is 84.3 Å². The molecule has 3 heterocycles. The number of rotatable bonds is 23. The van der Waals surface area contributed by atoms with Crippen LogP contribution in [0.2, 0.25) is 5.02 Å². The molecule has 16 heteroatoms. The molecule has 332 valence electrons. The molecule has 0 spiro atoms. The standard InChI is InChI=1S/C47H53ClN6O8S/c1-31-32(2)63-47-44(31)45(35-15-17-37(48)18-16-35)51-38(46-53-52-33(3)54(46)47)28-42(56)49-19-9-21-59-23-25-61-26-24-60-22-10-20-50-43(57)30-62-41-27-36(40(58-4)29-39(41)55)14-8-13-34-11-6-5-7-12-34/h5-8,11-18,27,29,38H,9-10,19-26,28,30H2,1-4H3,(H,49,56)(H,50,57)/b13-8+,36-14-. The number of ether oxygens (including phenoxy) is 5. The van der Waals surface area contributed by atoms with E-state index in [4.69, 9.17) is 40.3 Å². The van der Waals surface area contributed by atoms with Crippen LogP contribution in [0.3, 0.4) is 0 Å². The molecule has 2 aromatic heterocycles. The third-order valence-electron chi connectivity index (χ3n) is 10.1. The molecule has 0 saturated carbocycles. The fourth-order valence-corrected chi connectivity index (χ4v) is 8.06. The lowest BCUT2D eigenvalue weighted by Crippen LogP contribution is -2.29. The van der Waals surface area contributed by atoms with Crippen LogP contribution >= 0.6 is 22.9 Å². The third-order valence-corrected chi connectivity index (χ3v) is 11.5. The SMILES string of the molecule is COC1=CC(=O)C(OCC(=O)NCCCOCCOCCOCCCNC(=O)CC2N=C(c3ccc(Cl)cc3)c3c(sc(C)c3C)-n3c(C)nnc32)=C/C1=C/C=C/c1ccccc1. The highest BCUT2D eigenvalue weighted by Crippen LogP contribution is 2.39. The fourth-order valence-electron chi connectivity index (χ4n) is 6.72. The second-order valence-electron chi connectivity index (χ2n) is 14.6. The van der Waals surface area contributed by atoms with Gasteiger partial charge in [0.05, 0.1) is 45.7 Å². The molecule has 14 nitrogen and oxygen atoms in total. The van der Waals surface area contributed by atoms with Gasteiger partial charge in [-0.05, 0) is 62.9 Å². The summed E-state index contributed by atoms with van der Waals surface area (Å²) in [7, 11) is 1.49. The van der Waals surface area contributed by atoms with Crippen molar-refractivity contribution in [1.82, 2.24) is 25.4 Å². The first kappa shape index (κ1) is 46.8. The van der Waals surface area contributed by atoms with E-state index in [1.54, 1.807) is 17.4 Å². The van der Waals surface area contributed by atoms with E-state index in [-0.39, 0.29) is 36.4 Å². The lowest BCUT2D eigenvalue weighted by atomic mass is 9.99. The number of allylic oxidation sites excluding steroid dienone is 4. The molecule has 1 aliphatic heterocycles. The number of amides is 2. The number of thiophene rings is 1. The van der Waals surface area contributed by atoms with Gasteiger partial charge in [-0.2, -0.15) is 0 Å². The van der Waals surface area contributed by atoms with E-state index in [0.717, 1.165) is 38.8 Å². The summed E-state index contributed by atoms with van der Waals surface area (Å²) < 4.78 is 29.8. The molecule has 0 radical (unpaired) electrons. The van der Waals surface area contributed by atoms with Crippen LogP contribution in [0.25, 0.3) is 11.1 Å². The van der Waals surface area contributed by atoms with Gasteiger partial charge in [0.15, 0.2) is 18.2 Å². The number of aromatic nitrogens is 3. The molecule has 1 unspecified atom stereocenters. The van der Waals surface area contributed by atoms with Crippen molar-refractivity contribution in [1.29, 1.82) is 0 Å². The molecule has 2 N–H and O–H groups in total. The molecule has 1 atom stereocenters. The summed E-state index contributed by atoms with van der Waals surface area (Å²) in [6.45, 7) is 9.21. The quantitative estimate of drug-likeness (QED) is 0.0749. The number of fused-ring (bicyclic) bond motifs is 3. The van der Waals surface area contributed by atoms with Crippen LogP contribution in [-0.4, -0.2) is 105 Å². The molecule has 4 aromatic rings. The van der Waals surface area contributed by atoms with Crippen LogP contribution in [0.15, 0.2) is 101 Å². The Hall–Kier alpha value is -5.71. The molecule has 6 rings (SSSR count). The molecule has 2 aromatic carbocycles. The number of hydrogen-bond acceptors (Lipinski definition) is 12. The van der Waals surface area contributed by atoms with E-state index >= 15 is 0 Å². The molecular weight excluding hydrogens is 844 g/mol. The zero-order valence-electron chi connectivity index (χ0n) is 36.0. The van der Waals surface area contributed by atoms with Gasteiger partial charge in [-0.15, -0.1) is 21.5 Å². The summed E-state index contributed by atoms with van der Waals surface area (Å²) in [5.41, 5.74) is 5.57. The maximum Gasteiger partial charge on any atom is 0.257 e. The highest BCUT2D eigenvalue weighted by atomic mass is 35.5. The van der Waals surface area contributed by atoms with Gasteiger partial charge in [0.2, 0.25) is 11.7 Å². The number of hydrogen-bond donors (Lipinski definition) is 2. The number of nitrogens with zero attached hydrogens (tertiary/aromatic N) is 4. The van der Waals surface area contributed by atoms with Crippen LogP contribution in [0, 0.1) is 20.8 Å². The summed E-state index contributed by atoms with van der Waals surface area (Å²) in [4.78, 5) is 44.4. The maximum absolute atomic E-state index is 13.2. The van der Waals surface area contributed by atoms with Crippen molar-refractivity contribution in [2.24, 2.45) is 4.99 Å². The normalized spacial score (nSPS) is 15.3. The number of carbonyl (C=O) groups excluding carboxylic acids is 3. The highest BCUT2D eigenvalue weighted by Gasteiger charge is 2.32. The molecule has 1 aliphatic carbocycles. The first-order valence-electron chi connectivity index (χ1n) is 20.8. The zero-order chi connectivity index (χ0) is 44.6. The lowest BCUT2D eigenvalue weighted by Gasteiger charge is -2.15. The van der Waals surface area contributed by atoms with Gasteiger partial charge in [0.25, 0.3) is 5.91 Å². The second kappa shape index (κ2) is 23.7. The Kier molecular flexibility index (Phi) is 17.6. The number of ketones is 1. The van der Waals surface area contributed by atoms with Crippen LogP contribution in [0.5, 0.6) is 0 Å². The summed E-state index contributed by atoms with van der Waals surface area (Å²) in [6.07, 6.45) is 9.88. The van der Waals surface area contributed by atoms with Gasteiger partial charge < -0.3 is 34.3 Å². The van der Waals surface area contributed by atoms with Gasteiger partial charge in [0, 0.05) is 59.0 Å². The average molecular weight is 897 g/mol. The van der Waals surface area contributed by atoms with Crippen LogP contribution in [0.4, 0.5) is 0 Å². The summed E-state index contributed by atoms with van der Waals surface area (Å²) >= 11 is 7.89. The van der Waals surface area contributed by atoms with Crippen LogP contribution in [0.1, 0.15) is 64.1 Å². The number of carbonyl (C=O) groups is 3. The summed E-state index contributed by atoms with van der Waals surface area (Å²) in [5.74, 6) is 1.01. The molecule has 2 aliphatic rings. The number of nitrogens with one attached hydrogen (secondary N) is 2. The Morgan fingerprint density at radius 3 is 2.19 bits per heavy atom. The molecule has 0 bridgehead atoms. The smallest absolute Gasteiger partial charge is 0.257 e. The molecule has 2 amide bonds.